The fourth-order valence-corrected chi connectivity index (χ4v) is 2.45. The summed E-state index contributed by atoms with van der Waals surface area (Å²) in [6.07, 6.45) is 1.70. The van der Waals surface area contributed by atoms with Gasteiger partial charge in [-0.15, -0.1) is 12.4 Å². The van der Waals surface area contributed by atoms with E-state index in [0.29, 0.717) is 25.3 Å². The minimum Gasteiger partial charge on any atom is -0.493 e. The summed E-state index contributed by atoms with van der Waals surface area (Å²) in [6.45, 7) is 0.532. The van der Waals surface area contributed by atoms with Gasteiger partial charge in [0.15, 0.2) is 9.84 Å². The number of likely N-dealkylation sites (N-methyl/N-ethyl adjacent to an activating group) is 1. The Morgan fingerprint density at radius 2 is 2.00 bits per heavy atom. The molecule has 0 saturated carbocycles. The predicted octanol–water partition coefficient (Wildman–Crippen LogP) is -0.186. The number of nitrogens with one attached hydrogen (secondary N) is 1. The van der Waals surface area contributed by atoms with Crippen LogP contribution in [-0.2, 0) is 19.4 Å². The summed E-state index contributed by atoms with van der Waals surface area (Å²) < 4.78 is 28.4. The maximum atomic E-state index is 11.7. The van der Waals surface area contributed by atoms with E-state index in [1.807, 2.05) is 0 Å². The highest BCUT2D eigenvalue weighted by molar-refractivity contribution is 7.90. The van der Waals surface area contributed by atoms with Crippen LogP contribution >= 0.6 is 12.4 Å². The second kappa shape index (κ2) is 10.9. The molecule has 3 N–H and O–H groups in total. The number of halogens is 1. The first-order valence-corrected chi connectivity index (χ1v) is 9.27. The van der Waals surface area contributed by atoms with Crippen molar-refractivity contribution in [3.8, 4) is 5.75 Å². The van der Waals surface area contributed by atoms with E-state index in [4.69, 9.17) is 10.5 Å². The summed E-state index contributed by atoms with van der Waals surface area (Å²) in [4.78, 5) is 24.4. The van der Waals surface area contributed by atoms with Crippen molar-refractivity contribution >= 4 is 34.1 Å². The number of carbonyl (C=O) groups is 2. The summed E-state index contributed by atoms with van der Waals surface area (Å²) in [6, 6.07) is 6.25. The standard InChI is InChI=1S/C15H23N3O5S.ClH/c1-18(15(20)11-17-14(19)10-16)7-4-8-23-12-5-3-6-13(9-12)24(2,21)22;/h3,5-6,9H,4,7-8,10-11,16H2,1-2H3,(H,17,19);1H. The maximum absolute atomic E-state index is 11.7. The fourth-order valence-electron chi connectivity index (χ4n) is 1.79. The zero-order valence-corrected chi connectivity index (χ0v) is 15.9. The Morgan fingerprint density at radius 1 is 1.32 bits per heavy atom. The van der Waals surface area contributed by atoms with Gasteiger partial charge in [0.1, 0.15) is 5.75 Å². The molecule has 0 atom stereocenters. The Balaban J connectivity index is 0.00000576. The van der Waals surface area contributed by atoms with E-state index in [2.05, 4.69) is 5.32 Å². The second-order valence-electron chi connectivity index (χ2n) is 5.25. The third-order valence-electron chi connectivity index (χ3n) is 3.19. The van der Waals surface area contributed by atoms with Gasteiger partial charge in [-0.25, -0.2) is 8.42 Å². The Kier molecular flexibility index (Phi) is 10.1. The lowest BCUT2D eigenvalue weighted by Crippen LogP contribution is -2.40. The summed E-state index contributed by atoms with van der Waals surface area (Å²) in [5.74, 6) is -0.149. The lowest BCUT2D eigenvalue weighted by molar-refractivity contribution is -0.131. The number of hydrogen-bond acceptors (Lipinski definition) is 6. The molecule has 0 aliphatic heterocycles. The van der Waals surface area contributed by atoms with Gasteiger partial charge in [-0.2, -0.15) is 0 Å². The molecule has 0 heterocycles. The molecule has 0 spiro atoms. The zero-order valence-electron chi connectivity index (χ0n) is 14.2. The topological polar surface area (TPSA) is 119 Å². The van der Waals surface area contributed by atoms with Crippen LogP contribution in [0, 0.1) is 0 Å². The van der Waals surface area contributed by atoms with Crippen molar-refractivity contribution in [3.63, 3.8) is 0 Å². The number of sulfone groups is 1. The van der Waals surface area contributed by atoms with Crippen LogP contribution < -0.4 is 15.8 Å². The highest BCUT2D eigenvalue weighted by atomic mass is 35.5. The van der Waals surface area contributed by atoms with E-state index in [1.165, 1.54) is 17.0 Å². The quantitative estimate of drug-likeness (QED) is 0.561. The number of ether oxygens (including phenoxy) is 1. The Bertz CT molecular complexity index is 681. The molecule has 0 radical (unpaired) electrons. The van der Waals surface area contributed by atoms with Gasteiger partial charge in [0.05, 0.1) is 24.6 Å². The largest absolute Gasteiger partial charge is 0.493 e. The number of amides is 2. The molecule has 0 bridgehead atoms. The molecule has 8 nitrogen and oxygen atoms in total. The van der Waals surface area contributed by atoms with E-state index < -0.39 is 9.84 Å². The van der Waals surface area contributed by atoms with Crippen LogP contribution in [0.4, 0.5) is 0 Å². The van der Waals surface area contributed by atoms with Gasteiger partial charge in [0, 0.05) is 19.8 Å². The van der Waals surface area contributed by atoms with Crippen molar-refractivity contribution in [2.75, 3.05) is 39.5 Å². The SMILES string of the molecule is CN(CCCOc1cccc(S(C)(=O)=O)c1)C(=O)CNC(=O)CN.Cl. The molecular formula is C15H24ClN3O5S. The smallest absolute Gasteiger partial charge is 0.241 e. The number of benzene rings is 1. The van der Waals surface area contributed by atoms with Gasteiger partial charge in [-0.1, -0.05) is 6.07 Å². The minimum atomic E-state index is -3.27. The second-order valence-corrected chi connectivity index (χ2v) is 7.26. The van der Waals surface area contributed by atoms with E-state index in [-0.39, 0.29) is 42.2 Å². The van der Waals surface area contributed by atoms with Crippen LogP contribution in [0.2, 0.25) is 0 Å². The van der Waals surface area contributed by atoms with Crippen LogP contribution in [0.25, 0.3) is 0 Å². The van der Waals surface area contributed by atoms with Gasteiger partial charge in [-0.3, -0.25) is 9.59 Å². The molecule has 2 amide bonds. The summed E-state index contributed by atoms with van der Waals surface area (Å²) in [5.41, 5.74) is 5.13. The molecular weight excluding hydrogens is 370 g/mol. The molecule has 0 saturated heterocycles. The first-order chi connectivity index (χ1) is 11.2. The summed E-state index contributed by atoms with van der Waals surface area (Å²) >= 11 is 0. The summed E-state index contributed by atoms with van der Waals surface area (Å²) in [7, 11) is -1.65. The van der Waals surface area contributed by atoms with Crippen molar-refractivity contribution < 1.29 is 22.7 Å². The number of nitrogens with two attached hydrogens (primary N) is 1. The first kappa shape index (κ1) is 23.2. The van der Waals surface area contributed by atoms with E-state index in [1.54, 1.807) is 19.2 Å². The van der Waals surface area contributed by atoms with Crippen molar-refractivity contribution in [1.82, 2.24) is 10.2 Å². The predicted molar refractivity (Wildman–Crippen MR) is 96.6 cm³/mol. The van der Waals surface area contributed by atoms with E-state index >= 15 is 0 Å². The van der Waals surface area contributed by atoms with Gasteiger partial charge in [0.2, 0.25) is 11.8 Å². The number of hydrogen-bond donors (Lipinski definition) is 2. The average molecular weight is 394 g/mol. The van der Waals surface area contributed by atoms with Gasteiger partial charge >= 0.3 is 0 Å². The molecule has 1 aromatic rings. The monoisotopic (exact) mass is 393 g/mol. The molecule has 142 valence electrons. The molecule has 0 unspecified atom stereocenters. The molecule has 10 heteroatoms. The highest BCUT2D eigenvalue weighted by Crippen LogP contribution is 2.17. The lowest BCUT2D eigenvalue weighted by Gasteiger charge is -2.17. The van der Waals surface area contributed by atoms with Crippen molar-refractivity contribution in [2.45, 2.75) is 11.3 Å². The maximum Gasteiger partial charge on any atom is 0.241 e. The van der Waals surface area contributed by atoms with Crippen LogP contribution in [0.15, 0.2) is 29.2 Å². The zero-order chi connectivity index (χ0) is 18.2. The fraction of sp³-hybridized carbons (Fsp3) is 0.467. The Labute approximate surface area is 154 Å². The molecule has 0 aliphatic rings. The van der Waals surface area contributed by atoms with Crippen molar-refractivity contribution in [1.29, 1.82) is 0 Å². The van der Waals surface area contributed by atoms with Gasteiger partial charge in [-0.05, 0) is 24.6 Å². The van der Waals surface area contributed by atoms with E-state index in [0.717, 1.165) is 6.26 Å². The highest BCUT2D eigenvalue weighted by Gasteiger charge is 2.10. The Morgan fingerprint density at radius 3 is 2.60 bits per heavy atom. The van der Waals surface area contributed by atoms with E-state index in [9.17, 15) is 18.0 Å². The molecule has 25 heavy (non-hydrogen) atoms. The average Bonchev–Trinajstić information content (AvgIpc) is 2.55. The number of nitrogens with zero attached hydrogens (tertiary/aromatic N) is 1. The summed E-state index contributed by atoms with van der Waals surface area (Å²) in [5, 5.41) is 2.41. The van der Waals surface area contributed by atoms with Crippen LogP contribution in [0.3, 0.4) is 0 Å². The van der Waals surface area contributed by atoms with Gasteiger partial charge in [0.25, 0.3) is 0 Å². The lowest BCUT2D eigenvalue weighted by atomic mass is 10.3. The molecule has 0 fully saturated rings. The van der Waals surface area contributed by atoms with Crippen molar-refractivity contribution in [3.05, 3.63) is 24.3 Å². The molecule has 1 rings (SSSR count). The normalized spacial score (nSPS) is 10.5. The first-order valence-electron chi connectivity index (χ1n) is 7.37. The number of carbonyl (C=O) groups excluding carboxylic acids is 2. The van der Waals surface area contributed by atoms with Crippen LogP contribution in [0.5, 0.6) is 5.75 Å². The molecule has 0 aliphatic carbocycles. The third-order valence-corrected chi connectivity index (χ3v) is 4.30. The van der Waals surface area contributed by atoms with Crippen LogP contribution in [-0.4, -0.2) is 64.7 Å². The number of rotatable bonds is 9. The Hall–Kier alpha value is -1.84. The third kappa shape index (κ3) is 8.71. The molecule has 1 aromatic carbocycles. The van der Waals surface area contributed by atoms with Crippen LogP contribution in [0.1, 0.15) is 6.42 Å². The van der Waals surface area contributed by atoms with Crippen molar-refractivity contribution in [2.24, 2.45) is 5.73 Å². The molecule has 0 aromatic heterocycles. The minimum absolute atomic E-state index is 0. The van der Waals surface area contributed by atoms with Gasteiger partial charge < -0.3 is 20.7 Å².